The molecule has 1 aliphatic rings. The molecule has 0 aliphatic heterocycles. The Hall–Kier alpha value is -1.88. The molecule has 0 saturated heterocycles. The van der Waals surface area contributed by atoms with Crippen molar-refractivity contribution in [2.75, 3.05) is 5.73 Å². The summed E-state index contributed by atoms with van der Waals surface area (Å²) in [6.07, 6.45) is 7.52. The normalized spacial score (nSPS) is 23.4. The third kappa shape index (κ3) is 2.61. The first-order chi connectivity index (χ1) is 9.22. The van der Waals surface area contributed by atoms with Crippen molar-refractivity contribution >= 4 is 16.7 Å². The van der Waals surface area contributed by atoms with Gasteiger partial charge in [-0.25, -0.2) is 4.98 Å². The molecule has 0 amide bonds. The van der Waals surface area contributed by atoms with Crippen molar-refractivity contribution in [2.24, 2.45) is 5.73 Å². The van der Waals surface area contributed by atoms with Crippen molar-refractivity contribution in [3.8, 4) is 5.75 Å². The first-order valence-electron chi connectivity index (χ1n) is 6.65. The molecule has 5 nitrogen and oxygen atoms in total. The summed E-state index contributed by atoms with van der Waals surface area (Å²) in [6.45, 7) is 0. The van der Waals surface area contributed by atoms with E-state index in [0.29, 0.717) is 11.7 Å². The van der Waals surface area contributed by atoms with Gasteiger partial charge in [0, 0.05) is 30.2 Å². The molecule has 1 aliphatic carbocycles. The molecular formula is C14H18N4O. The second-order valence-corrected chi connectivity index (χ2v) is 5.10. The Balaban J connectivity index is 1.88. The highest BCUT2D eigenvalue weighted by molar-refractivity contribution is 5.84. The van der Waals surface area contributed by atoms with E-state index < -0.39 is 0 Å². The van der Waals surface area contributed by atoms with E-state index in [-0.39, 0.29) is 6.10 Å². The van der Waals surface area contributed by atoms with Crippen LogP contribution in [0.25, 0.3) is 11.0 Å². The highest BCUT2D eigenvalue weighted by Crippen LogP contribution is 2.29. The zero-order valence-corrected chi connectivity index (χ0v) is 10.7. The average molecular weight is 258 g/mol. The van der Waals surface area contributed by atoms with Crippen LogP contribution in [0.3, 0.4) is 0 Å². The van der Waals surface area contributed by atoms with Gasteiger partial charge in [-0.1, -0.05) is 0 Å². The van der Waals surface area contributed by atoms with Crippen LogP contribution < -0.4 is 16.2 Å². The van der Waals surface area contributed by atoms with Crippen molar-refractivity contribution < 1.29 is 4.74 Å². The molecule has 100 valence electrons. The number of nitrogen functional groups attached to an aromatic ring is 1. The predicted molar refractivity (Wildman–Crippen MR) is 74.8 cm³/mol. The predicted octanol–water partition coefficient (Wildman–Crippen LogP) is 1.86. The lowest BCUT2D eigenvalue weighted by Gasteiger charge is -2.27. The van der Waals surface area contributed by atoms with Crippen LogP contribution in [0, 0.1) is 0 Å². The fourth-order valence-electron chi connectivity index (χ4n) is 2.54. The second kappa shape index (κ2) is 5.01. The molecule has 19 heavy (non-hydrogen) atoms. The Kier molecular flexibility index (Phi) is 3.21. The molecule has 0 atom stereocenters. The first-order valence-corrected chi connectivity index (χ1v) is 6.65. The zero-order chi connectivity index (χ0) is 13.2. The molecule has 1 fully saturated rings. The maximum atomic E-state index is 6.06. The van der Waals surface area contributed by atoms with Gasteiger partial charge in [-0.15, -0.1) is 0 Å². The summed E-state index contributed by atoms with van der Waals surface area (Å²) in [4.78, 5) is 8.60. The van der Waals surface area contributed by atoms with Gasteiger partial charge in [-0.2, -0.15) is 0 Å². The molecule has 0 radical (unpaired) electrons. The fraction of sp³-hybridized carbons (Fsp3) is 0.429. The molecule has 1 heterocycles. The summed E-state index contributed by atoms with van der Waals surface area (Å²) >= 11 is 0. The van der Waals surface area contributed by atoms with E-state index in [0.717, 1.165) is 42.5 Å². The van der Waals surface area contributed by atoms with E-state index in [9.17, 15) is 0 Å². The van der Waals surface area contributed by atoms with Gasteiger partial charge in [-0.3, -0.25) is 4.98 Å². The highest BCUT2D eigenvalue weighted by atomic mass is 16.5. The first kappa shape index (κ1) is 12.2. The lowest BCUT2D eigenvalue weighted by molar-refractivity contribution is 0.149. The highest BCUT2D eigenvalue weighted by Gasteiger charge is 2.21. The number of rotatable bonds is 2. The van der Waals surface area contributed by atoms with Crippen LogP contribution in [0.1, 0.15) is 25.7 Å². The van der Waals surface area contributed by atoms with Crippen molar-refractivity contribution in [1.29, 1.82) is 0 Å². The summed E-state index contributed by atoms with van der Waals surface area (Å²) in [6, 6.07) is 3.95. The van der Waals surface area contributed by atoms with E-state index in [2.05, 4.69) is 9.97 Å². The minimum absolute atomic E-state index is 0.201. The van der Waals surface area contributed by atoms with E-state index >= 15 is 0 Å². The van der Waals surface area contributed by atoms with Crippen molar-refractivity contribution in [1.82, 2.24) is 9.97 Å². The molecule has 2 aromatic rings. The Morgan fingerprint density at radius 3 is 2.58 bits per heavy atom. The van der Waals surface area contributed by atoms with Gasteiger partial charge in [0.15, 0.2) is 0 Å². The average Bonchev–Trinajstić information content (AvgIpc) is 2.41. The summed E-state index contributed by atoms with van der Waals surface area (Å²) in [5.41, 5.74) is 14.0. The lowest BCUT2D eigenvalue weighted by Crippen LogP contribution is -2.31. The number of anilines is 1. The van der Waals surface area contributed by atoms with E-state index in [4.69, 9.17) is 16.2 Å². The molecule has 0 unspecified atom stereocenters. The Labute approximate surface area is 112 Å². The third-order valence-electron chi connectivity index (χ3n) is 3.57. The van der Waals surface area contributed by atoms with E-state index in [1.54, 1.807) is 12.4 Å². The number of aromatic nitrogens is 2. The topological polar surface area (TPSA) is 87.0 Å². The van der Waals surface area contributed by atoms with Crippen molar-refractivity contribution in [3.63, 3.8) is 0 Å². The summed E-state index contributed by atoms with van der Waals surface area (Å²) in [5, 5.41) is 0. The Bertz CT molecular complexity index is 579. The fourth-order valence-corrected chi connectivity index (χ4v) is 2.54. The number of hydrogen-bond acceptors (Lipinski definition) is 5. The Morgan fingerprint density at radius 2 is 1.79 bits per heavy atom. The van der Waals surface area contributed by atoms with Crippen LogP contribution in [0.4, 0.5) is 5.69 Å². The van der Waals surface area contributed by atoms with Crippen LogP contribution in [0.5, 0.6) is 5.75 Å². The van der Waals surface area contributed by atoms with Crippen molar-refractivity contribution in [3.05, 3.63) is 24.5 Å². The summed E-state index contributed by atoms with van der Waals surface area (Å²) < 4.78 is 6.06. The van der Waals surface area contributed by atoms with Crippen LogP contribution in [-0.2, 0) is 0 Å². The summed E-state index contributed by atoms with van der Waals surface area (Å²) in [5.74, 6) is 0.726. The third-order valence-corrected chi connectivity index (χ3v) is 3.57. The van der Waals surface area contributed by atoms with Crippen LogP contribution in [-0.4, -0.2) is 22.1 Å². The number of ether oxygens (including phenoxy) is 1. The number of nitrogens with zero attached hydrogens (tertiary/aromatic N) is 2. The minimum Gasteiger partial charge on any atom is -0.488 e. The molecule has 1 aromatic carbocycles. The standard InChI is InChI=1S/C14H18N4O/c15-9-1-3-11(4-2-9)19-13-8-10(16)7-12-14(13)18-6-5-17-12/h5-9,11H,1-4,15-16H2/t9-,11+. The molecule has 1 saturated carbocycles. The van der Waals surface area contributed by atoms with Gasteiger partial charge in [-0.05, 0) is 31.7 Å². The number of fused-ring (bicyclic) bond motifs is 1. The van der Waals surface area contributed by atoms with Crippen LogP contribution in [0.2, 0.25) is 0 Å². The number of nitrogens with two attached hydrogens (primary N) is 2. The molecule has 1 aromatic heterocycles. The maximum Gasteiger partial charge on any atom is 0.149 e. The molecular weight excluding hydrogens is 240 g/mol. The van der Waals surface area contributed by atoms with E-state index in [1.165, 1.54) is 0 Å². The van der Waals surface area contributed by atoms with Crippen LogP contribution in [0.15, 0.2) is 24.5 Å². The second-order valence-electron chi connectivity index (χ2n) is 5.10. The monoisotopic (exact) mass is 258 g/mol. The molecule has 5 heteroatoms. The van der Waals surface area contributed by atoms with Gasteiger partial charge in [0.25, 0.3) is 0 Å². The van der Waals surface area contributed by atoms with Gasteiger partial charge < -0.3 is 16.2 Å². The van der Waals surface area contributed by atoms with E-state index in [1.807, 2.05) is 12.1 Å². The maximum absolute atomic E-state index is 6.06. The lowest BCUT2D eigenvalue weighted by atomic mass is 9.94. The van der Waals surface area contributed by atoms with Crippen LogP contribution >= 0.6 is 0 Å². The van der Waals surface area contributed by atoms with Gasteiger partial charge in [0.1, 0.15) is 11.3 Å². The molecule has 0 bridgehead atoms. The largest absolute Gasteiger partial charge is 0.488 e. The van der Waals surface area contributed by atoms with Crippen molar-refractivity contribution in [2.45, 2.75) is 37.8 Å². The number of benzene rings is 1. The SMILES string of the molecule is Nc1cc(O[C@H]2CC[C@@H](N)CC2)c2nccnc2c1. The minimum atomic E-state index is 0.201. The quantitative estimate of drug-likeness (QED) is 0.803. The van der Waals surface area contributed by atoms with Gasteiger partial charge >= 0.3 is 0 Å². The Morgan fingerprint density at radius 1 is 1.05 bits per heavy atom. The summed E-state index contributed by atoms with van der Waals surface area (Å²) in [7, 11) is 0. The molecule has 0 spiro atoms. The van der Waals surface area contributed by atoms with Gasteiger partial charge in [0.05, 0.1) is 11.6 Å². The smallest absolute Gasteiger partial charge is 0.149 e. The zero-order valence-electron chi connectivity index (χ0n) is 10.7. The number of hydrogen-bond donors (Lipinski definition) is 2. The molecule has 4 N–H and O–H groups in total. The molecule has 3 rings (SSSR count). The van der Waals surface area contributed by atoms with Gasteiger partial charge in [0.2, 0.25) is 0 Å².